The summed E-state index contributed by atoms with van der Waals surface area (Å²) in [6, 6.07) is 0. The highest BCUT2D eigenvalue weighted by atomic mass is 16.5. The van der Waals surface area contributed by atoms with Crippen LogP contribution in [0.4, 0.5) is 5.82 Å². The maximum Gasteiger partial charge on any atom is 0.343 e. The number of aryl methyl sites for hydroxylation is 2. The molecule has 0 saturated carbocycles. The topological polar surface area (TPSA) is 70.1 Å². The molecule has 0 radical (unpaired) electrons. The van der Waals surface area contributed by atoms with Gasteiger partial charge in [-0.3, -0.25) is 0 Å². The van der Waals surface area contributed by atoms with Crippen LogP contribution >= 0.6 is 0 Å². The number of esters is 1. The third-order valence-electron chi connectivity index (χ3n) is 1.95. The molecule has 0 bridgehead atoms. The van der Waals surface area contributed by atoms with Crippen molar-refractivity contribution in [3.63, 3.8) is 0 Å². The van der Waals surface area contributed by atoms with Gasteiger partial charge < -0.3 is 10.5 Å². The molecule has 0 aromatic carbocycles. The molecule has 0 aliphatic heterocycles. The number of carbonyl (C=O) groups excluding carboxylic acids is 1. The van der Waals surface area contributed by atoms with Crippen LogP contribution < -0.4 is 5.73 Å². The molecule has 0 unspecified atom stereocenters. The van der Waals surface area contributed by atoms with Crippen LogP contribution in [0.3, 0.4) is 0 Å². The van der Waals surface area contributed by atoms with E-state index in [0.717, 1.165) is 0 Å². The Kier molecular flexibility index (Phi) is 6.22. The fourth-order valence-electron chi connectivity index (χ4n) is 1.30. The lowest BCUT2D eigenvalue weighted by Gasteiger charge is -2.02. The molecule has 0 aliphatic carbocycles. The van der Waals surface area contributed by atoms with Gasteiger partial charge in [0, 0.05) is 6.54 Å². The summed E-state index contributed by atoms with van der Waals surface area (Å²) < 4.78 is 6.46. The molecule has 1 heterocycles. The first kappa shape index (κ1) is 14.5. The molecule has 0 atom stereocenters. The number of nitrogen functional groups attached to an aromatic ring is 1. The Labute approximate surface area is 96.6 Å². The Hall–Kier alpha value is -1.52. The van der Waals surface area contributed by atoms with Crippen molar-refractivity contribution in [2.24, 2.45) is 0 Å². The van der Waals surface area contributed by atoms with E-state index in [1.807, 2.05) is 20.8 Å². The summed E-state index contributed by atoms with van der Waals surface area (Å²) in [5.74, 6) is -0.0225. The molecule has 1 aromatic heterocycles. The van der Waals surface area contributed by atoms with Gasteiger partial charge in [-0.1, -0.05) is 13.8 Å². The maximum atomic E-state index is 11.5. The fraction of sp³-hybridized carbons (Fsp3) is 0.636. The Bertz CT molecular complexity index is 345. The zero-order valence-corrected chi connectivity index (χ0v) is 10.7. The number of hydrogen-bond acceptors (Lipinski definition) is 4. The number of hydrogen-bond donors (Lipinski definition) is 1. The Morgan fingerprint density at radius 2 is 2.00 bits per heavy atom. The number of ether oxygens (including phenoxy) is 1. The van der Waals surface area contributed by atoms with E-state index in [4.69, 9.17) is 10.5 Å². The average molecular weight is 227 g/mol. The fourth-order valence-corrected chi connectivity index (χ4v) is 1.30. The van der Waals surface area contributed by atoms with E-state index < -0.39 is 5.97 Å². The molecule has 1 aromatic rings. The maximum absolute atomic E-state index is 11.5. The van der Waals surface area contributed by atoms with Crippen LogP contribution in [-0.4, -0.2) is 22.4 Å². The van der Waals surface area contributed by atoms with E-state index in [0.29, 0.717) is 30.2 Å². The highest BCUT2D eigenvalue weighted by Crippen LogP contribution is 2.17. The van der Waals surface area contributed by atoms with Crippen molar-refractivity contribution in [1.29, 1.82) is 0 Å². The van der Waals surface area contributed by atoms with E-state index in [-0.39, 0.29) is 0 Å². The Balaban J connectivity index is 0.00000106. The first-order chi connectivity index (χ1) is 7.61. The van der Waals surface area contributed by atoms with Crippen molar-refractivity contribution in [1.82, 2.24) is 9.78 Å². The van der Waals surface area contributed by atoms with Gasteiger partial charge in [-0.25, -0.2) is 9.48 Å². The van der Waals surface area contributed by atoms with E-state index >= 15 is 0 Å². The van der Waals surface area contributed by atoms with E-state index in [1.54, 1.807) is 18.5 Å². The lowest BCUT2D eigenvalue weighted by Crippen LogP contribution is -2.09. The van der Waals surface area contributed by atoms with Gasteiger partial charge in [-0.2, -0.15) is 5.10 Å². The largest absolute Gasteiger partial charge is 0.462 e. The predicted molar refractivity (Wildman–Crippen MR) is 64.4 cm³/mol. The summed E-state index contributed by atoms with van der Waals surface area (Å²) in [5.41, 5.74) is 6.74. The first-order valence-corrected chi connectivity index (χ1v) is 5.61. The number of nitrogens with zero attached hydrogens (tertiary/aromatic N) is 2. The lowest BCUT2D eigenvalue weighted by atomic mass is 10.2. The van der Waals surface area contributed by atoms with Gasteiger partial charge in [0.15, 0.2) is 0 Å². The Morgan fingerprint density at radius 1 is 1.44 bits per heavy atom. The van der Waals surface area contributed by atoms with Gasteiger partial charge in [-0.05, 0) is 20.8 Å². The number of carbonyl (C=O) groups is 1. The lowest BCUT2D eigenvalue weighted by molar-refractivity contribution is 0.0527. The van der Waals surface area contributed by atoms with Crippen LogP contribution in [0.1, 0.15) is 43.7 Å². The molecule has 0 aliphatic rings. The number of anilines is 1. The van der Waals surface area contributed by atoms with E-state index in [2.05, 4.69) is 5.10 Å². The molecule has 5 heteroatoms. The second-order valence-electron chi connectivity index (χ2n) is 2.88. The summed E-state index contributed by atoms with van der Waals surface area (Å²) in [4.78, 5) is 11.5. The van der Waals surface area contributed by atoms with Gasteiger partial charge in [0.25, 0.3) is 0 Å². The third-order valence-corrected chi connectivity index (χ3v) is 1.95. The third kappa shape index (κ3) is 2.98. The second-order valence-corrected chi connectivity index (χ2v) is 2.88. The molecular weight excluding hydrogens is 206 g/mol. The van der Waals surface area contributed by atoms with E-state index in [1.165, 1.54) is 0 Å². The summed E-state index contributed by atoms with van der Waals surface area (Å²) in [6.45, 7) is 10.4. The summed E-state index contributed by atoms with van der Waals surface area (Å²) in [5, 5.41) is 4.12. The molecular formula is C11H21N3O2. The number of rotatable bonds is 3. The molecule has 0 amide bonds. The summed E-state index contributed by atoms with van der Waals surface area (Å²) in [7, 11) is 0. The second kappa shape index (κ2) is 6.87. The first-order valence-electron chi connectivity index (χ1n) is 5.61. The van der Waals surface area contributed by atoms with Gasteiger partial charge in [0.1, 0.15) is 11.4 Å². The van der Waals surface area contributed by atoms with Gasteiger partial charge in [0.05, 0.1) is 12.3 Å². The molecule has 1 rings (SSSR count). The Morgan fingerprint density at radius 3 is 2.38 bits per heavy atom. The van der Waals surface area contributed by atoms with Gasteiger partial charge in [0.2, 0.25) is 0 Å². The van der Waals surface area contributed by atoms with Crippen LogP contribution in [-0.2, 0) is 11.3 Å². The number of aromatic nitrogens is 2. The SMILES string of the molecule is CC.CCOC(=O)c1c(C)nn(CC)c1N. The molecule has 0 fully saturated rings. The minimum atomic E-state index is -0.401. The monoisotopic (exact) mass is 227 g/mol. The predicted octanol–water partition coefficient (Wildman–Crippen LogP) is 2.00. The van der Waals surface area contributed by atoms with Crippen molar-refractivity contribution in [3.8, 4) is 0 Å². The van der Waals surface area contributed by atoms with Gasteiger partial charge in [-0.15, -0.1) is 0 Å². The molecule has 0 saturated heterocycles. The minimum absolute atomic E-state index is 0.342. The smallest absolute Gasteiger partial charge is 0.343 e. The molecule has 5 nitrogen and oxygen atoms in total. The quantitative estimate of drug-likeness (QED) is 0.802. The normalized spacial score (nSPS) is 9.31. The highest BCUT2D eigenvalue weighted by Gasteiger charge is 2.19. The zero-order valence-electron chi connectivity index (χ0n) is 10.7. The van der Waals surface area contributed by atoms with Crippen LogP contribution in [0, 0.1) is 6.92 Å². The van der Waals surface area contributed by atoms with Crippen molar-refractivity contribution < 1.29 is 9.53 Å². The van der Waals surface area contributed by atoms with Crippen molar-refractivity contribution in [2.45, 2.75) is 41.2 Å². The van der Waals surface area contributed by atoms with Crippen LogP contribution in [0.5, 0.6) is 0 Å². The summed E-state index contributed by atoms with van der Waals surface area (Å²) >= 11 is 0. The minimum Gasteiger partial charge on any atom is -0.462 e. The van der Waals surface area contributed by atoms with Crippen LogP contribution in [0.25, 0.3) is 0 Å². The molecule has 16 heavy (non-hydrogen) atoms. The molecule has 0 spiro atoms. The highest BCUT2D eigenvalue weighted by molar-refractivity contribution is 5.95. The van der Waals surface area contributed by atoms with Crippen molar-refractivity contribution >= 4 is 11.8 Å². The van der Waals surface area contributed by atoms with Crippen molar-refractivity contribution in [3.05, 3.63) is 11.3 Å². The van der Waals surface area contributed by atoms with Crippen LogP contribution in [0.2, 0.25) is 0 Å². The zero-order chi connectivity index (χ0) is 12.7. The van der Waals surface area contributed by atoms with Gasteiger partial charge >= 0.3 is 5.97 Å². The average Bonchev–Trinajstić information content (AvgIpc) is 2.57. The standard InChI is InChI=1S/C9H15N3O2.C2H6/c1-4-12-8(10)7(6(3)11-12)9(13)14-5-2;1-2/h4-5,10H2,1-3H3;1-2H3. The summed E-state index contributed by atoms with van der Waals surface area (Å²) in [6.07, 6.45) is 0. The molecule has 92 valence electrons. The van der Waals surface area contributed by atoms with E-state index in [9.17, 15) is 4.79 Å². The number of nitrogens with two attached hydrogens (primary N) is 1. The molecule has 2 N–H and O–H groups in total. The van der Waals surface area contributed by atoms with Crippen LogP contribution in [0.15, 0.2) is 0 Å². The van der Waals surface area contributed by atoms with Crippen molar-refractivity contribution in [2.75, 3.05) is 12.3 Å².